The second-order valence-electron chi connectivity index (χ2n) is 4.54. The lowest BCUT2D eigenvalue weighted by atomic mass is 10.1. The summed E-state index contributed by atoms with van der Waals surface area (Å²) in [6.07, 6.45) is -0.478. The van der Waals surface area contributed by atoms with Crippen LogP contribution in [0.15, 0.2) is 30.3 Å². The molecule has 18 heavy (non-hydrogen) atoms. The number of epoxide rings is 1. The molecule has 1 fully saturated rings. The molecule has 1 saturated heterocycles. The van der Waals surface area contributed by atoms with E-state index in [-0.39, 0.29) is 5.97 Å². The smallest absolute Gasteiger partial charge is 0.338 e. The number of hydrogen-bond donors (Lipinski definition) is 0. The Morgan fingerprint density at radius 2 is 2.11 bits per heavy atom. The van der Waals surface area contributed by atoms with Crippen molar-refractivity contribution in [3.63, 3.8) is 0 Å². The Morgan fingerprint density at radius 3 is 2.78 bits per heavy atom. The Hall–Kier alpha value is -1.39. The Balaban J connectivity index is 1.73. The highest BCUT2D eigenvalue weighted by Gasteiger charge is 2.58. The molecule has 1 aliphatic heterocycles. The van der Waals surface area contributed by atoms with Crippen LogP contribution in [0.25, 0.3) is 0 Å². The van der Waals surface area contributed by atoms with Crippen molar-refractivity contribution in [2.75, 3.05) is 13.2 Å². The van der Waals surface area contributed by atoms with Crippen molar-refractivity contribution in [1.29, 1.82) is 0 Å². The highest BCUT2D eigenvalue weighted by atomic mass is 16.7. The third kappa shape index (κ3) is 3.09. The summed E-state index contributed by atoms with van der Waals surface area (Å²) in [6, 6.07) is 9.90. The summed E-state index contributed by atoms with van der Waals surface area (Å²) in [6.45, 7) is 4.93. The average Bonchev–Trinajstić information content (AvgIpc) is 3.03. The van der Waals surface area contributed by atoms with Crippen LogP contribution in [0.4, 0.5) is 0 Å². The lowest BCUT2D eigenvalue weighted by molar-refractivity contribution is -0.144. The molecule has 1 aromatic carbocycles. The van der Waals surface area contributed by atoms with Gasteiger partial charge in [0.1, 0.15) is 5.60 Å². The third-order valence-corrected chi connectivity index (χ3v) is 2.89. The molecule has 1 aromatic rings. The predicted octanol–water partition coefficient (Wildman–Crippen LogP) is 1.92. The lowest BCUT2D eigenvalue weighted by Gasteiger charge is -2.08. The van der Waals surface area contributed by atoms with Crippen molar-refractivity contribution in [2.45, 2.75) is 32.2 Å². The number of ether oxygens (including phenoxy) is 3. The second kappa shape index (κ2) is 5.50. The summed E-state index contributed by atoms with van der Waals surface area (Å²) in [5, 5.41) is 0. The van der Waals surface area contributed by atoms with Gasteiger partial charge < -0.3 is 14.2 Å². The second-order valence-corrected chi connectivity index (χ2v) is 4.54. The Kier molecular flexibility index (Phi) is 3.99. The molecule has 0 saturated carbocycles. The molecule has 2 atom stereocenters. The number of rotatable bonds is 6. The minimum absolute atomic E-state index is 0.302. The number of esters is 1. The van der Waals surface area contributed by atoms with E-state index in [1.807, 2.05) is 37.3 Å². The Morgan fingerprint density at radius 1 is 1.39 bits per heavy atom. The molecule has 0 N–H and O–H groups in total. The largest absolute Gasteiger partial charge is 0.464 e. The van der Waals surface area contributed by atoms with Crippen LogP contribution in [-0.4, -0.2) is 30.9 Å². The SMILES string of the molecule is CCOC(=O)C1OC1(C)COCc1ccccc1. The number of benzene rings is 1. The Labute approximate surface area is 107 Å². The van der Waals surface area contributed by atoms with E-state index in [9.17, 15) is 4.79 Å². The van der Waals surface area contributed by atoms with Gasteiger partial charge in [0.05, 0.1) is 19.8 Å². The number of carbonyl (C=O) groups excluding carboxylic acids is 1. The topological polar surface area (TPSA) is 48.1 Å². The van der Waals surface area contributed by atoms with Crippen molar-refractivity contribution in [3.05, 3.63) is 35.9 Å². The van der Waals surface area contributed by atoms with Gasteiger partial charge in [0.25, 0.3) is 0 Å². The molecule has 2 rings (SSSR count). The van der Waals surface area contributed by atoms with E-state index in [4.69, 9.17) is 14.2 Å². The predicted molar refractivity (Wildman–Crippen MR) is 66.0 cm³/mol. The fourth-order valence-corrected chi connectivity index (χ4v) is 1.81. The van der Waals surface area contributed by atoms with E-state index in [0.717, 1.165) is 5.56 Å². The summed E-state index contributed by atoms with van der Waals surface area (Å²) < 4.78 is 15.8. The van der Waals surface area contributed by atoms with Crippen LogP contribution in [0.2, 0.25) is 0 Å². The third-order valence-electron chi connectivity index (χ3n) is 2.89. The van der Waals surface area contributed by atoms with Crippen LogP contribution in [0.1, 0.15) is 19.4 Å². The van der Waals surface area contributed by atoms with Gasteiger partial charge in [-0.05, 0) is 19.4 Å². The molecular formula is C14H18O4. The van der Waals surface area contributed by atoms with E-state index in [1.165, 1.54) is 0 Å². The lowest BCUT2D eigenvalue weighted by Crippen LogP contribution is -2.24. The first-order chi connectivity index (χ1) is 8.65. The minimum Gasteiger partial charge on any atom is -0.464 e. The zero-order chi connectivity index (χ0) is 13.0. The fourth-order valence-electron chi connectivity index (χ4n) is 1.81. The average molecular weight is 250 g/mol. The maximum absolute atomic E-state index is 11.5. The molecule has 0 bridgehead atoms. The molecule has 4 nitrogen and oxygen atoms in total. The molecule has 0 radical (unpaired) electrons. The molecule has 0 aliphatic carbocycles. The Bertz CT molecular complexity index is 404. The first-order valence-electron chi connectivity index (χ1n) is 6.12. The zero-order valence-electron chi connectivity index (χ0n) is 10.7. The van der Waals surface area contributed by atoms with Gasteiger partial charge >= 0.3 is 5.97 Å². The van der Waals surface area contributed by atoms with Gasteiger partial charge in [-0.25, -0.2) is 4.79 Å². The molecular weight excluding hydrogens is 232 g/mol. The van der Waals surface area contributed by atoms with Crippen LogP contribution >= 0.6 is 0 Å². The summed E-state index contributed by atoms with van der Waals surface area (Å²) >= 11 is 0. The molecule has 0 amide bonds. The molecule has 1 aliphatic rings. The first kappa shape index (κ1) is 13.1. The van der Waals surface area contributed by atoms with Gasteiger partial charge in [0.2, 0.25) is 0 Å². The highest BCUT2D eigenvalue weighted by Crippen LogP contribution is 2.37. The number of hydrogen-bond acceptors (Lipinski definition) is 4. The molecule has 1 heterocycles. The molecule has 2 unspecified atom stereocenters. The van der Waals surface area contributed by atoms with Gasteiger partial charge in [-0.1, -0.05) is 30.3 Å². The van der Waals surface area contributed by atoms with Gasteiger partial charge in [-0.2, -0.15) is 0 Å². The van der Waals surface area contributed by atoms with Crippen LogP contribution < -0.4 is 0 Å². The van der Waals surface area contributed by atoms with E-state index < -0.39 is 11.7 Å². The van der Waals surface area contributed by atoms with E-state index in [0.29, 0.717) is 19.8 Å². The molecule has 0 aromatic heterocycles. The first-order valence-corrected chi connectivity index (χ1v) is 6.12. The van der Waals surface area contributed by atoms with Gasteiger partial charge in [-0.15, -0.1) is 0 Å². The van der Waals surface area contributed by atoms with Crippen LogP contribution in [0.3, 0.4) is 0 Å². The van der Waals surface area contributed by atoms with Crippen molar-refractivity contribution in [1.82, 2.24) is 0 Å². The van der Waals surface area contributed by atoms with Crippen LogP contribution in [-0.2, 0) is 25.6 Å². The van der Waals surface area contributed by atoms with Crippen LogP contribution in [0.5, 0.6) is 0 Å². The molecule has 98 valence electrons. The fraction of sp³-hybridized carbons (Fsp3) is 0.500. The van der Waals surface area contributed by atoms with Gasteiger partial charge in [0, 0.05) is 0 Å². The van der Waals surface area contributed by atoms with E-state index in [1.54, 1.807) is 6.92 Å². The van der Waals surface area contributed by atoms with Crippen LogP contribution in [0, 0.1) is 0 Å². The highest BCUT2D eigenvalue weighted by molar-refractivity contribution is 5.79. The summed E-state index contributed by atoms with van der Waals surface area (Å²) in [5.41, 5.74) is 0.579. The van der Waals surface area contributed by atoms with Crippen molar-refractivity contribution >= 4 is 5.97 Å². The van der Waals surface area contributed by atoms with E-state index in [2.05, 4.69) is 0 Å². The van der Waals surface area contributed by atoms with Crippen molar-refractivity contribution < 1.29 is 19.0 Å². The van der Waals surface area contributed by atoms with Gasteiger partial charge in [0.15, 0.2) is 6.10 Å². The minimum atomic E-state index is -0.527. The standard InChI is InChI=1S/C14H18O4/c1-3-17-13(15)12-14(2,18-12)10-16-9-11-7-5-4-6-8-11/h4-8,12H,3,9-10H2,1-2H3. The summed E-state index contributed by atoms with van der Waals surface area (Å²) in [4.78, 5) is 11.5. The van der Waals surface area contributed by atoms with E-state index >= 15 is 0 Å². The van der Waals surface area contributed by atoms with Crippen molar-refractivity contribution in [2.24, 2.45) is 0 Å². The maximum atomic E-state index is 11.5. The maximum Gasteiger partial charge on any atom is 0.338 e. The summed E-state index contributed by atoms with van der Waals surface area (Å²) in [5.74, 6) is -0.302. The normalized spacial score (nSPS) is 25.8. The van der Waals surface area contributed by atoms with Gasteiger partial charge in [-0.3, -0.25) is 0 Å². The monoisotopic (exact) mass is 250 g/mol. The quantitative estimate of drug-likeness (QED) is 0.571. The number of carbonyl (C=O) groups is 1. The summed E-state index contributed by atoms with van der Waals surface area (Å²) in [7, 11) is 0. The molecule has 4 heteroatoms. The zero-order valence-corrected chi connectivity index (χ0v) is 10.7. The molecule has 0 spiro atoms. The van der Waals surface area contributed by atoms with Crippen molar-refractivity contribution in [3.8, 4) is 0 Å².